The number of carbonyl (C=O) groups excluding carboxylic acids is 2. The lowest BCUT2D eigenvalue weighted by Gasteiger charge is -2.36. The lowest BCUT2D eigenvalue weighted by Crippen LogP contribution is -2.40. The number of benzene rings is 1. The van der Waals surface area contributed by atoms with Crippen LogP contribution in [0.3, 0.4) is 0 Å². The molecule has 0 bridgehead atoms. The highest BCUT2D eigenvalue weighted by Crippen LogP contribution is 2.34. The van der Waals surface area contributed by atoms with E-state index in [2.05, 4.69) is 10.6 Å². The standard InChI is InChI=1S/C16H20N2O3/c19-14(17-7-6-16(21)4-1-5-16)9-11-2-3-12-10-15(20)18-13(12)8-11/h2-3,8,21H,1,4-7,9-10H2,(H,17,19)(H,18,20). The van der Waals surface area contributed by atoms with Crippen LogP contribution >= 0.6 is 0 Å². The van der Waals surface area contributed by atoms with E-state index in [4.69, 9.17) is 0 Å². The maximum Gasteiger partial charge on any atom is 0.228 e. The molecular formula is C16H20N2O3. The van der Waals surface area contributed by atoms with Gasteiger partial charge in [-0.05, 0) is 42.9 Å². The Morgan fingerprint density at radius 2 is 2.19 bits per heavy atom. The van der Waals surface area contributed by atoms with Crippen molar-refractivity contribution in [2.24, 2.45) is 0 Å². The van der Waals surface area contributed by atoms with Gasteiger partial charge in [0.05, 0.1) is 18.4 Å². The molecule has 1 saturated carbocycles. The molecule has 0 atom stereocenters. The van der Waals surface area contributed by atoms with Crippen molar-refractivity contribution in [1.29, 1.82) is 0 Å². The Morgan fingerprint density at radius 1 is 1.38 bits per heavy atom. The number of hydrogen-bond acceptors (Lipinski definition) is 3. The van der Waals surface area contributed by atoms with Crippen molar-refractivity contribution in [1.82, 2.24) is 5.32 Å². The molecule has 0 saturated heterocycles. The molecule has 1 aliphatic heterocycles. The Hall–Kier alpha value is -1.88. The summed E-state index contributed by atoms with van der Waals surface area (Å²) >= 11 is 0. The van der Waals surface area contributed by atoms with E-state index in [0.29, 0.717) is 25.8 Å². The van der Waals surface area contributed by atoms with E-state index in [1.54, 1.807) is 0 Å². The Balaban J connectivity index is 1.49. The van der Waals surface area contributed by atoms with Crippen LogP contribution in [-0.4, -0.2) is 29.1 Å². The predicted octanol–water partition coefficient (Wildman–Crippen LogP) is 1.14. The second kappa shape index (κ2) is 5.48. The van der Waals surface area contributed by atoms with E-state index in [1.165, 1.54) is 0 Å². The normalized spacial score (nSPS) is 18.6. The van der Waals surface area contributed by atoms with Crippen LogP contribution in [0.1, 0.15) is 36.8 Å². The van der Waals surface area contributed by atoms with Gasteiger partial charge < -0.3 is 15.7 Å². The third-order valence-electron chi connectivity index (χ3n) is 4.36. The molecule has 1 heterocycles. The monoisotopic (exact) mass is 288 g/mol. The minimum atomic E-state index is -0.550. The second-order valence-corrected chi connectivity index (χ2v) is 6.07. The van der Waals surface area contributed by atoms with Crippen molar-refractivity contribution in [3.05, 3.63) is 29.3 Å². The summed E-state index contributed by atoms with van der Waals surface area (Å²) in [5.41, 5.74) is 2.13. The molecule has 1 aromatic rings. The molecule has 0 spiro atoms. The summed E-state index contributed by atoms with van der Waals surface area (Å²) < 4.78 is 0. The Morgan fingerprint density at radius 3 is 2.90 bits per heavy atom. The highest BCUT2D eigenvalue weighted by Gasteiger charge is 2.33. The lowest BCUT2D eigenvalue weighted by molar-refractivity contribution is -0.121. The van der Waals surface area contributed by atoms with Crippen molar-refractivity contribution in [2.75, 3.05) is 11.9 Å². The van der Waals surface area contributed by atoms with Gasteiger partial charge in [-0.1, -0.05) is 12.1 Å². The van der Waals surface area contributed by atoms with E-state index in [1.807, 2.05) is 18.2 Å². The summed E-state index contributed by atoms with van der Waals surface area (Å²) in [5.74, 6) is -0.0532. The number of hydrogen-bond donors (Lipinski definition) is 3. The molecule has 0 radical (unpaired) electrons. The van der Waals surface area contributed by atoms with Crippen molar-refractivity contribution in [3.63, 3.8) is 0 Å². The third kappa shape index (κ3) is 3.24. The van der Waals surface area contributed by atoms with Crippen LogP contribution < -0.4 is 10.6 Å². The molecule has 1 aliphatic carbocycles. The predicted molar refractivity (Wildman–Crippen MR) is 78.9 cm³/mol. The first-order valence-corrected chi connectivity index (χ1v) is 7.45. The molecule has 1 fully saturated rings. The Bertz CT molecular complexity index is 579. The number of carbonyl (C=O) groups is 2. The van der Waals surface area contributed by atoms with E-state index >= 15 is 0 Å². The topological polar surface area (TPSA) is 78.4 Å². The number of fused-ring (bicyclic) bond motifs is 1. The zero-order valence-corrected chi connectivity index (χ0v) is 11.9. The first-order chi connectivity index (χ1) is 10.0. The molecule has 112 valence electrons. The molecule has 0 unspecified atom stereocenters. The van der Waals surface area contributed by atoms with Gasteiger partial charge in [-0.3, -0.25) is 9.59 Å². The molecular weight excluding hydrogens is 268 g/mol. The number of amides is 2. The highest BCUT2D eigenvalue weighted by atomic mass is 16.3. The Labute approximate surface area is 123 Å². The van der Waals surface area contributed by atoms with Crippen LogP contribution in [0.25, 0.3) is 0 Å². The quantitative estimate of drug-likeness (QED) is 0.760. The summed E-state index contributed by atoms with van der Waals surface area (Å²) in [4.78, 5) is 23.2. The van der Waals surface area contributed by atoms with Crippen LogP contribution in [-0.2, 0) is 22.4 Å². The van der Waals surface area contributed by atoms with Gasteiger partial charge in [0.25, 0.3) is 0 Å². The van der Waals surface area contributed by atoms with Gasteiger partial charge >= 0.3 is 0 Å². The van der Waals surface area contributed by atoms with Crippen molar-refractivity contribution >= 4 is 17.5 Å². The largest absolute Gasteiger partial charge is 0.390 e. The van der Waals surface area contributed by atoms with E-state index in [0.717, 1.165) is 36.1 Å². The molecule has 0 aromatic heterocycles. The fourth-order valence-corrected chi connectivity index (χ4v) is 2.89. The molecule has 2 aliphatic rings. The van der Waals surface area contributed by atoms with Gasteiger partial charge in [0.1, 0.15) is 0 Å². The summed E-state index contributed by atoms with van der Waals surface area (Å²) in [6, 6.07) is 5.64. The zero-order valence-electron chi connectivity index (χ0n) is 11.9. The second-order valence-electron chi connectivity index (χ2n) is 6.07. The number of rotatable bonds is 5. The van der Waals surface area contributed by atoms with Crippen LogP contribution in [0, 0.1) is 0 Å². The van der Waals surface area contributed by atoms with Crippen LogP contribution in [0.5, 0.6) is 0 Å². The first-order valence-electron chi connectivity index (χ1n) is 7.45. The molecule has 5 heteroatoms. The van der Waals surface area contributed by atoms with Crippen LogP contribution in [0.2, 0.25) is 0 Å². The fraction of sp³-hybridized carbons (Fsp3) is 0.500. The lowest BCUT2D eigenvalue weighted by atomic mass is 9.78. The van der Waals surface area contributed by atoms with Crippen LogP contribution in [0.15, 0.2) is 18.2 Å². The maximum atomic E-state index is 11.9. The van der Waals surface area contributed by atoms with Crippen molar-refractivity contribution in [2.45, 2.75) is 44.1 Å². The Kier molecular flexibility index (Phi) is 3.68. The molecule has 3 N–H and O–H groups in total. The van der Waals surface area contributed by atoms with Crippen molar-refractivity contribution < 1.29 is 14.7 Å². The number of anilines is 1. The minimum Gasteiger partial charge on any atom is -0.390 e. The minimum absolute atomic E-state index is 0.000318. The van der Waals surface area contributed by atoms with Crippen molar-refractivity contribution in [3.8, 4) is 0 Å². The van der Waals surface area contributed by atoms with E-state index < -0.39 is 5.60 Å². The SMILES string of the molecule is O=C(Cc1ccc2c(c1)NC(=O)C2)NCCC1(O)CCC1. The number of aliphatic hydroxyl groups is 1. The van der Waals surface area contributed by atoms with Gasteiger partial charge in [0, 0.05) is 12.2 Å². The zero-order chi connectivity index (χ0) is 14.9. The molecule has 2 amide bonds. The average Bonchev–Trinajstić information content (AvgIpc) is 2.76. The van der Waals surface area contributed by atoms with Gasteiger partial charge in [0.2, 0.25) is 11.8 Å². The molecule has 3 rings (SSSR count). The van der Waals surface area contributed by atoms with Gasteiger partial charge in [-0.25, -0.2) is 0 Å². The third-order valence-corrected chi connectivity index (χ3v) is 4.36. The first kappa shape index (κ1) is 14.1. The fourth-order valence-electron chi connectivity index (χ4n) is 2.89. The number of nitrogens with one attached hydrogen (secondary N) is 2. The van der Waals surface area contributed by atoms with E-state index in [9.17, 15) is 14.7 Å². The average molecular weight is 288 g/mol. The summed E-state index contributed by atoms with van der Waals surface area (Å²) in [5, 5.41) is 15.6. The molecule has 21 heavy (non-hydrogen) atoms. The van der Waals surface area contributed by atoms with Gasteiger partial charge in [0.15, 0.2) is 0 Å². The van der Waals surface area contributed by atoms with Gasteiger partial charge in [-0.2, -0.15) is 0 Å². The highest BCUT2D eigenvalue weighted by molar-refractivity contribution is 5.99. The molecule has 5 nitrogen and oxygen atoms in total. The summed E-state index contributed by atoms with van der Waals surface area (Å²) in [7, 11) is 0. The summed E-state index contributed by atoms with van der Waals surface area (Å²) in [6.45, 7) is 0.511. The maximum absolute atomic E-state index is 11.9. The summed E-state index contributed by atoms with van der Waals surface area (Å²) in [6.07, 6.45) is 4.09. The molecule has 1 aromatic carbocycles. The van der Waals surface area contributed by atoms with E-state index in [-0.39, 0.29) is 11.8 Å². The van der Waals surface area contributed by atoms with Crippen LogP contribution in [0.4, 0.5) is 5.69 Å². The smallest absolute Gasteiger partial charge is 0.228 e. The van der Waals surface area contributed by atoms with Gasteiger partial charge in [-0.15, -0.1) is 0 Å².